The molecule has 4 heteroatoms. The van der Waals surface area contributed by atoms with Crippen LogP contribution in [-0.2, 0) is 4.74 Å². The van der Waals surface area contributed by atoms with E-state index in [4.69, 9.17) is 4.74 Å². The molecule has 0 aromatic heterocycles. The van der Waals surface area contributed by atoms with Crippen molar-refractivity contribution >= 4 is 11.9 Å². The minimum absolute atomic E-state index is 0.00378. The van der Waals surface area contributed by atoms with Gasteiger partial charge >= 0.3 is 5.97 Å². The van der Waals surface area contributed by atoms with Crippen LogP contribution in [0.4, 0.5) is 0 Å². The molecule has 114 valence electrons. The van der Waals surface area contributed by atoms with Gasteiger partial charge < -0.3 is 14.6 Å². The first-order valence-corrected chi connectivity index (χ1v) is 7.07. The summed E-state index contributed by atoms with van der Waals surface area (Å²) in [5.41, 5.74) is 0.712. The first kappa shape index (κ1) is 15.8. The maximum atomic E-state index is 12.3. The Hall–Kier alpha value is -2.62. The van der Waals surface area contributed by atoms with Crippen molar-refractivity contribution in [3.63, 3.8) is 0 Å². The lowest BCUT2D eigenvalue weighted by atomic mass is 9.98. The van der Waals surface area contributed by atoms with Crippen molar-refractivity contribution in [2.45, 2.75) is 20.0 Å². The maximum absolute atomic E-state index is 12.3. The summed E-state index contributed by atoms with van der Waals surface area (Å²) in [6.07, 6.45) is -0.441. The van der Waals surface area contributed by atoms with E-state index < -0.39 is 18.0 Å². The summed E-state index contributed by atoms with van der Waals surface area (Å²) >= 11 is 0. The third-order valence-electron chi connectivity index (χ3n) is 3.33. The van der Waals surface area contributed by atoms with Crippen LogP contribution >= 0.6 is 0 Å². The van der Waals surface area contributed by atoms with Crippen molar-refractivity contribution in [3.8, 4) is 0 Å². The predicted octanol–water partition coefficient (Wildman–Crippen LogP) is 2.60. The molecule has 2 aromatic carbocycles. The van der Waals surface area contributed by atoms with Gasteiger partial charge in [-0.2, -0.15) is 0 Å². The van der Waals surface area contributed by atoms with Crippen LogP contribution in [0.15, 0.2) is 54.6 Å². The van der Waals surface area contributed by atoms with Gasteiger partial charge in [-0.3, -0.25) is 0 Å². The van der Waals surface area contributed by atoms with Crippen LogP contribution in [-0.4, -0.2) is 11.9 Å². The SMILES string of the molecule is CC(C)[C@H](OC(=O)c1ccccc1C(=O)[O-])c1ccccc1. The summed E-state index contributed by atoms with van der Waals surface area (Å²) in [4.78, 5) is 23.4. The number of aromatic carboxylic acids is 1. The van der Waals surface area contributed by atoms with E-state index in [1.54, 1.807) is 12.1 Å². The molecule has 0 saturated heterocycles. The third-order valence-corrected chi connectivity index (χ3v) is 3.33. The number of carbonyl (C=O) groups excluding carboxylic acids is 2. The van der Waals surface area contributed by atoms with Crippen LogP contribution in [0.2, 0.25) is 0 Å². The number of carbonyl (C=O) groups is 2. The molecule has 0 saturated carbocycles. The Balaban J connectivity index is 2.28. The third kappa shape index (κ3) is 3.52. The second-order valence-electron chi connectivity index (χ2n) is 5.31. The molecule has 0 heterocycles. The number of hydrogen-bond acceptors (Lipinski definition) is 4. The highest BCUT2D eigenvalue weighted by atomic mass is 16.5. The molecule has 0 fully saturated rings. The zero-order valence-corrected chi connectivity index (χ0v) is 12.5. The summed E-state index contributed by atoms with van der Waals surface area (Å²) in [7, 11) is 0. The summed E-state index contributed by atoms with van der Waals surface area (Å²) in [6.45, 7) is 3.88. The van der Waals surface area contributed by atoms with Crippen LogP contribution in [0.5, 0.6) is 0 Å². The van der Waals surface area contributed by atoms with E-state index in [9.17, 15) is 14.7 Å². The second-order valence-corrected chi connectivity index (χ2v) is 5.31. The average molecular weight is 297 g/mol. The van der Waals surface area contributed by atoms with Crippen molar-refractivity contribution in [1.29, 1.82) is 0 Å². The van der Waals surface area contributed by atoms with Gasteiger partial charge in [0.05, 0.1) is 11.5 Å². The van der Waals surface area contributed by atoms with Gasteiger partial charge in [-0.1, -0.05) is 62.4 Å². The van der Waals surface area contributed by atoms with E-state index >= 15 is 0 Å². The Morgan fingerprint density at radius 2 is 1.45 bits per heavy atom. The molecule has 0 amide bonds. The standard InChI is InChI=1S/C18H18O4/c1-12(2)16(13-8-4-3-5-9-13)22-18(21)15-11-7-6-10-14(15)17(19)20/h3-12,16H,1-2H3,(H,19,20)/p-1/t16-/m0/s1. The zero-order chi connectivity index (χ0) is 16.1. The Kier molecular flexibility index (Phi) is 4.94. The molecule has 0 bridgehead atoms. The van der Waals surface area contributed by atoms with Gasteiger partial charge in [-0.15, -0.1) is 0 Å². The molecule has 2 aromatic rings. The molecule has 1 atom stereocenters. The topological polar surface area (TPSA) is 66.4 Å². The molecule has 0 unspecified atom stereocenters. The van der Waals surface area contributed by atoms with Crippen molar-refractivity contribution in [2.24, 2.45) is 5.92 Å². The summed E-state index contributed by atoms with van der Waals surface area (Å²) in [5, 5.41) is 11.1. The largest absolute Gasteiger partial charge is 0.545 e. The molecule has 0 spiro atoms. The minimum Gasteiger partial charge on any atom is -0.545 e. The fraction of sp³-hybridized carbons (Fsp3) is 0.222. The highest BCUT2D eigenvalue weighted by Crippen LogP contribution is 2.27. The van der Waals surface area contributed by atoms with Crippen LogP contribution in [0.25, 0.3) is 0 Å². The first-order valence-electron chi connectivity index (χ1n) is 7.07. The van der Waals surface area contributed by atoms with Crippen molar-refractivity contribution in [2.75, 3.05) is 0 Å². The van der Waals surface area contributed by atoms with E-state index in [0.717, 1.165) is 5.56 Å². The van der Waals surface area contributed by atoms with Gasteiger partial charge in [0.2, 0.25) is 0 Å². The molecule has 0 aliphatic carbocycles. The lowest BCUT2D eigenvalue weighted by Crippen LogP contribution is -2.26. The number of carboxylic acid groups (broad SMARTS) is 1. The van der Waals surface area contributed by atoms with Gasteiger partial charge in [0, 0.05) is 5.56 Å². The van der Waals surface area contributed by atoms with E-state index in [2.05, 4.69) is 0 Å². The highest BCUT2D eigenvalue weighted by molar-refractivity contribution is 6.01. The van der Waals surface area contributed by atoms with Crippen LogP contribution in [0, 0.1) is 5.92 Å². The van der Waals surface area contributed by atoms with Crippen LogP contribution in [0.3, 0.4) is 0 Å². The summed E-state index contributed by atoms with van der Waals surface area (Å²) in [5.74, 6) is -2.00. The predicted molar refractivity (Wildman–Crippen MR) is 80.2 cm³/mol. The fourth-order valence-corrected chi connectivity index (χ4v) is 2.25. The van der Waals surface area contributed by atoms with Crippen molar-refractivity contribution in [1.82, 2.24) is 0 Å². The number of rotatable bonds is 5. The Labute approximate surface area is 129 Å². The minimum atomic E-state index is -1.40. The maximum Gasteiger partial charge on any atom is 0.339 e. The Morgan fingerprint density at radius 3 is 2.00 bits per heavy atom. The molecule has 0 N–H and O–H groups in total. The van der Waals surface area contributed by atoms with Crippen molar-refractivity contribution < 1.29 is 19.4 Å². The number of benzene rings is 2. The Morgan fingerprint density at radius 1 is 0.909 bits per heavy atom. The lowest BCUT2D eigenvalue weighted by molar-refractivity contribution is -0.255. The van der Waals surface area contributed by atoms with E-state index in [1.807, 2.05) is 44.2 Å². The molecule has 0 aliphatic rings. The van der Waals surface area contributed by atoms with Gasteiger partial charge in [0.25, 0.3) is 0 Å². The summed E-state index contributed by atoms with van der Waals surface area (Å²) in [6, 6.07) is 15.3. The van der Waals surface area contributed by atoms with E-state index in [0.29, 0.717) is 0 Å². The molecule has 22 heavy (non-hydrogen) atoms. The molecular formula is C18H17O4-. The molecule has 2 rings (SSSR count). The second kappa shape index (κ2) is 6.89. The molecular weight excluding hydrogens is 280 g/mol. The summed E-state index contributed by atoms with van der Waals surface area (Å²) < 4.78 is 5.54. The first-order chi connectivity index (χ1) is 10.5. The quantitative estimate of drug-likeness (QED) is 0.796. The number of hydrogen-bond donors (Lipinski definition) is 0. The van der Waals surface area contributed by atoms with E-state index in [1.165, 1.54) is 12.1 Å². The molecule has 0 aliphatic heterocycles. The Bertz CT molecular complexity index is 662. The molecule has 4 nitrogen and oxygen atoms in total. The average Bonchev–Trinajstić information content (AvgIpc) is 2.52. The lowest BCUT2D eigenvalue weighted by Gasteiger charge is -2.22. The van der Waals surface area contributed by atoms with Crippen LogP contribution in [0.1, 0.15) is 46.2 Å². The van der Waals surface area contributed by atoms with Crippen LogP contribution < -0.4 is 5.11 Å². The van der Waals surface area contributed by atoms with Crippen molar-refractivity contribution in [3.05, 3.63) is 71.3 Å². The number of ether oxygens (including phenoxy) is 1. The fourth-order valence-electron chi connectivity index (χ4n) is 2.25. The van der Waals surface area contributed by atoms with Gasteiger partial charge in [-0.25, -0.2) is 4.79 Å². The highest BCUT2D eigenvalue weighted by Gasteiger charge is 2.22. The smallest absolute Gasteiger partial charge is 0.339 e. The van der Waals surface area contributed by atoms with Gasteiger partial charge in [0.1, 0.15) is 6.10 Å². The van der Waals surface area contributed by atoms with E-state index in [-0.39, 0.29) is 17.0 Å². The monoisotopic (exact) mass is 297 g/mol. The zero-order valence-electron chi connectivity index (χ0n) is 12.5. The van der Waals surface area contributed by atoms with Gasteiger partial charge in [0.15, 0.2) is 0 Å². The number of carboxylic acids is 1. The number of esters is 1. The van der Waals surface area contributed by atoms with Gasteiger partial charge in [-0.05, 0) is 17.5 Å². The normalized spacial score (nSPS) is 12.0. The molecule has 0 radical (unpaired) electrons.